The molecule has 0 saturated heterocycles. The van der Waals surface area contributed by atoms with Gasteiger partial charge in [-0.1, -0.05) is 57.5 Å². The summed E-state index contributed by atoms with van der Waals surface area (Å²) in [6.07, 6.45) is -21.9. The van der Waals surface area contributed by atoms with Crippen molar-refractivity contribution >= 4 is 5.97 Å². The molecule has 2 heteroatoms. The van der Waals surface area contributed by atoms with E-state index < -0.39 is 50.6 Å². The van der Waals surface area contributed by atoms with Gasteiger partial charge in [-0.15, -0.1) is 0 Å². The fourth-order valence-electron chi connectivity index (χ4n) is 1.09. The first kappa shape index (κ1) is 4.96. The third-order valence-electron chi connectivity index (χ3n) is 1.92. The van der Waals surface area contributed by atoms with Crippen LogP contribution in [-0.4, -0.2) is 11.1 Å². The van der Waals surface area contributed by atoms with Crippen LogP contribution in [0.3, 0.4) is 0 Å². The molecule has 0 aliphatic heterocycles. The zero-order chi connectivity index (χ0) is 26.0. The number of unbranched alkanes of at least 4 members (excludes halogenated alkanes) is 4. The van der Waals surface area contributed by atoms with Gasteiger partial charge < -0.3 is 5.11 Å². The Kier molecular flexibility index (Phi) is 3.93. The number of aliphatic carboxylic acids is 1. The van der Waals surface area contributed by atoms with Crippen molar-refractivity contribution in [3.8, 4) is 0 Å². The van der Waals surface area contributed by atoms with Gasteiger partial charge in [-0.2, -0.15) is 0 Å². The molecule has 0 rings (SSSR count). The molecule has 0 aliphatic rings. The zero-order valence-corrected chi connectivity index (χ0v) is 10.5. The summed E-state index contributed by atoms with van der Waals surface area (Å²) in [4.78, 5) is 11.1. The lowest BCUT2D eigenvalue weighted by molar-refractivity contribution is -0.137. The Morgan fingerprint density at radius 1 is 1.06 bits per heavy atom. The Morgan fingerprint density at radius 2 is 1.78 bits per heavy atom. The number of hydrogen-bond acceptors (Lipinski definition) is 1. The lowest BCUT2D eigenvalue weighted by Crippen LogP contribution is -1.93. The first-order valence-electron chi connectivity index (χ1n) is 12.9. The van der Waals surface area contributed by atoms with Gasteiger partial charge in [0.15, 0.2) is 0 Å². The Morgan fingerprint density at radius 3 is 2.50 bits per heavy atom. The summed E-state index contributed by atoms with van der Waals surface area (Å²) >= 11 is 0. The van der Waals surface area contributed by atoms with Crippen LogP contribution in [-0.2, 0) is 4.79 Å². The fourth-order valence-corrected chi connectivity index (χ4v) is 1.09. The Hall–Kier alpha value is -0.790. The number of rotatable bonds is 13. The number of carboxylic acids is 1. The molecule has 0 aliphatic carbocycles. The van der Waals surface area contributed by atoms with Crippen molar-refractivity contribution in [3.63, 3.8) is 0 Å². The van der Waals surface area contributed by atoms with Crippen LogP contribution in [0, 0.1) is 0 Å². The van der Waals surface area contributed by atoms with Crippen LogP contribution < -0.4 is 0 Å². The molecule has 1 N–H and O–H groups in total. The second kappa shape index (κ2) is 14.3. The van der Waals surface area contributed by atoms with E-state index in [1.807, 2.05) is 6.92 Å². The highest BCUT2D eigenvalue weighted by molar-refractivity contribution is 5.66. The van der Waals surface area contributed by atoms with Crippen molar-refractivity contribution in [1.82, 2.24) is 0 Å². The smallest absolute Gasteiger partial charge is 0.303 e. The maximum absolute atomic E-state index is 11.1. The molecule has 2 nitrogen and oxygen atoms in total. The van der Waals surface area contributed by atoms with Gasteiger partial charge in [-0.05, 0) is 32.0 Å². The molecule has 0 aromatic heterocycles. The van der Waals surface area contributed by atoms with Crippen LogP contribution in [0.15, 0.2) is 12.2 Å². The minimum atomic E-state index is -4.24. The summed E-state index contributed by atoms with van der Waals surface area (Å²) in [5, 5.41) is 8.93. The number of hydrogen-bond donors (Lipinski definition) is 1. The average molecular weight is 268 g/mol. The van der Waals surface area contributed by atoms with E-state index in [0.717, 1.165) is 19.3 Å². The normalized spacial score (nSPS) is 28.3. The second-order valence-electron chi connectivity index (χ2n) is 3.45. The SMILES string of the molecule is [2H]C([2H])(/C=C/CCCCCC)C([2H])([2H])C([2H])([2H])C([2H])([2H])C([2H])([2H])C([2H])([2H])C([2H])([2H])C(=O)O. The zero-order valence-electron chi connectivity index (χ0n) is 24.5. The van der Waals surface area contributed by atoms with E-state index in [1.165, 1.54) is 6.08 Å². The Labute approximate surface area is 132 Å². The molecular weight excluding hydrogens is 224 g/mol. The van der Waals surface area contributed by atoms with Gasteiger partial charge in [-0.3, -0.25) is 4.79 Å². The highest BCUT2D eigenvalue weighted by Crippen LogP contribution is 2.08. The lowest BCUT2D eigenvalue weighted by Gasteiger charge is -1.98. The quantitative estimate of drug-likeness (QED) is 0.362. The van der Waals surface area contributed by atoms with Crippen molar-refractivity contribution in [2.45, 2.75) is 83.6 Å². The van der Waals surface area contributed by atoms with E-state index in [-0.39, 0.29) is 0 Å². The Bertz CT molecular complexity index is 684. The van der Waals surface area contributed by atoms with Crippen molar-refractivity contribution in [1.29, 1.82) is 0 Å². The molecule has 0 saturated carbocycles. The molecule has 0 radical (unpaired) electrons. The minimum Gasteiger partial charge on any atom is -0.481 e. The van der Waals surface area contributed by atoms with E-state index in [0.29, 0.717) is 18.9 Å². The van der Waals surface area contributed by atoms with Crippen molar-refractivity contribution in [2.75, 3.05) is 0 Å². The molecule has 18 heavy (non-hydrogen) atoms. The van der Waals surface area contributed by atoms with Gasteiger partial charge in [0.2, 0.25) is 0 Å². The highest BCUT2D eigenvalue weighted by atomic mass is 16.4. The number of carbonyl (C=O) groups is 1. The van der Waals surface area contributed by atoms with E-state index >= 15 is 0 Å². The third-order valence-corrected chi connectivity index (χ3v) is 1.92. The van der Waals surface area contributed by atoms with Gasteiger partial charge in [0.1, 0.15) is 0 Å². The molecule has 0 amide bonds. The van der Waals surface area contributed by atoms with Crippen LogP contribution in [0.5, 0.6) is 0 Å². The van der Waals surface area contributed by atoms with Crippen LogP contribution in [0.4, 0.5) is 0 Å². The predicted molar refractivity (Wildman–Crippen MR) is 77.9 cm³/mol. The topological polar surface area (TPSA) is 37.3 Å². The van der Waals surface area contributed by atoms with E-state index in [4.69, 9.17) is 24.3 Å². The fraction of sp³-hybridized carbons (Fsp3) is 0.812. The van der Waals surface area contributed by atoms with Gasteiger partial charge in [0, 0.05) is 25.6 Å². The summed E-state index contributed by atoms with van der Waals surface area (Å²) in [7, 11) is 0. The van der Waals surface area contributed by atoms with Crippen LogP contribution >= 0.6 is 0 Å². The van der Waals surface area contributed by atoms with Gasteiger partial charge in [0.05, 0.1) is 0 Å². The standard InChI is InChI=1S/C16H30O2/c1-2-3-4-5-6-7-8-9-10-11-12-13-14-15-16(17)18/h7-8H,2-6,9-15H2,1H3,(H,17,18)/b8-7+/i9D2,10D2,11D2,12D2,13D2,14D2,15D2. The lowest BCUT2D eigenvalue weighted by atomic mass is 10.1. The van der Waals surface area contributed by atoms with E-state index in [9.17, 15) is 4.79 Å². The minimum absolute atomic E-state index is 0.341. The molecule has 0 heterocycles. The molecule has 0 spiro atoms. The molecule has 0 unspecified atom stereocenters. The van der Waals surface area contributed by atoms with Gasteiger partial charge in [0.25, 0.3) is 0 Å². The van der Waals surface area contributed by atoms with E-state index in [2.05, 4.69) is 0 Å². The van der Waals surface area contributed by atoms with E-state index in [1.54, 1.807) is 0 Å². The number of carboxylic acid groups (broad SMARTS) is 1. The summed E-state index contributed by atoms with van der Waals surface area (Å²) < 4.78 is 109. The maximum Gasteiger partial charge on any atom is 0.303 e. The largest absolute Gasteiger partial charge is 0.481 e. The average Bonchev–Trinajstić information content (AvgIpc) is 2.63. The molecule has 0 bridgehead atoms. The monoisotopic (exact) mass is 268 g/mol. The molecule has 106 valence electrons. The van der Waals surface area contributed by atoms with Crippen molar-refractivity contribution in [3.05, 3.63) is 12.2 Å². The maximum atomic E-state index is 11.1. The first-order valence-corrected chi connectivity index (χ1v) is 5.92. The van der Waals surface area contributed by atoms with Crippen molar-refractivity contribution in [2.24, 2.45) is 0 Å². The summed E-state index contributed by atoms with van der Waals surface area (Å²) in [5.74, 6) is -2.47. The third kappa shape index (κ3) is 15.2. The second-order valence-corrected chi connectivity index (χ2v) is 3.45. The summed E-state index contributed by atoms with van der Waals surface area (Å²) in [6.45, 7) is 1.99. The Balaban J connectivity index is 6.21. The predicted octanol–water partition coefficient (Wildman–Crippen LogP) is 5.33. The van der Waals surface area contributed by atoms with Gasteiger partial charge in [-0.25, -0.2) is 0 Å². The number of allylic oxidation sites excluding steroid dienone is 2. The van der Waals surface area contributed by atoms with Crippen LogP contribution in [0.1, 0.15) is 103 Å². The molecule has 0 atom stereocenters. The summed E-state index contributed by atoms with van der Waals surface area (Å²) in [6, 6.07) is 0. The highest BCUT2D eigenvalue weighted by Gasteiger charge is 1.95. The summed E-state index contributed by atoms with van der Waals surface area (Å²) in [5.41, 5.74) is 0. The van der Waals surface area contributed by atoms with Crippen LogP contribution in [0.2, 0.25) is 0 Å². The van der Waals surface area contributed by atoms with Crippen LogP contribution in [0.25, 0.3) is 0 Å². The van der Waals surface area contributed by atoms with Gasteiger partial charge >= 0.3 is 5.97 Å². The molecular formula is C16H30O2. The molecule has 0 aromatic rings. The first-order chi connectivity index (χ1) is 14.0. The molecule has 0 fully saturated rings. The van der Waals surface area contributed by atoms with Crippen molar-refractivity contribution < 1.29 is 29.1 Å². The molecule has 0 aromatic carbocycles.